The molecule has 3 aromatic rings. The number of hydrogen-bond donors (Lipinski definition) is 1. The maximum Gasteiger partial charge on any atom is 0.416 e. The summed E-state index contributed by atoms with van der Waals surface area (Å²) in [7, 11) is 0. The van der Waals surface area contributed by atoms with Gasteiger partial charge in [-0.3, -0.25) is 9.48 Å². The molecule has 0 aliphatic carbocycles. The van der Waals surface area contributed by atoms with Gasteiger partial charge in [0.25, 0.3) is 5.91 Å². The van der Waals surface area contributed by atoms with Crippen molar-refractivity contribution >= 4 is 11.6 Å². The summed E-state index contributed by atoms with van der Waals surface area (Å²) in [5, 5.41) is 6.47. The summed E-state index contributed by atoms with van der Waals surface area (Å²) in [6.07, 6.45) is -4.50. The monoisotopic (exact) mass is 395 g/mol. The Bertz CT molecular complexity index is 1030. The van der Waals surface area contributed by atoms with Gasteiger partial charge in [0.15, 0.2) is 17.3 Å². The van der Waals surface area contributed by atoms with E-state index < -0.39 is 29.3 Å². The summed E-state index contributed by atoms with van der Waals surface area (Å²) < 4.78 is 66.5. The highest BCUT2D eigenvalue weighted by atomic mass is 19.4. The standard InChI is InChI=1S/C19H14F5N3O/c1-2-27-17(11-4-3-5-12(8-11)19(22,23)24)10-16(26-27)18(28)25-13-6-7-14(20)15(21)9-13/h3-10H,2H2,1H3,(H,25,28). The lowest BCUT2D eigenvalue weighted by atomic mass is 10.1. The first kappa shape index (κ1) is 19.5. The van der Waals surface area contributed by atoms with E-state index in [2.05, 4.69) is 10.4 Å². The van der Waals surface area contributed by atoms with Crippen LogP contribution in [0.15, 0.2) is 48.5 Å². The van der Waals surface area contributed by atoms with Gasteiger partial charge in [0.2, 0.25) is 0 Å². The predicted molar refractivity (Wildman–Crippen MR) is 92.7 cm³/mol. The van der Waals surface area contributed by atoms with E-state index in [1.54, 1.807) is 6.92 Å². The van der Waals surface area contributed by atoms with Crippen LogP contribution < -0.4 is 5.32 Å². The van der Waals surface area contributed by atoms with Gasteiger partial charge in [-0.05, 0) is 37.3 Å². The summed E-state index contributed by atoms with van der Waals surface area (Å²) in [5.41, 5.74) is -0.295. The second-order valence-electron chi connectivity index (χ2n) is 5.89. The van der Waals surface area contributed by atoms with E-state index in [1.807, 2.05) is 0 Å². The lowest BCUT2D eigenvalue weighted by Gasteiger charge is -2.09. The van der Waals surface area contributed by atoms with Crippen LogP contribution in [0, 0.1) is 11.6 Å². The fourth-order valence-electron chi connectivity index (χ4n) is 2.63. The van der Waals surface area contributed by atoms with Crippen LogP contribution in [0.1, 0.15) is 23.0 Å². The molecule has 0 atom stereocenters. The van der Waals surface area contributed by atoms with Gasteiger partial charge < -0.3 is 5.32 Å². The van der Waals surface area contributed by atoms with E-state index in [4.69, 9.17) is 0 Å². The molecule has 0 unspecified atom stereocenters. The molecule has 1 heterocycles. The number of amides is 1. The smallest absolute Gasteiger partial charge is 0.320 e. The van der Waals surface area contributed by atoms with E-state index in [-0.39, 0.29) is 16.9 Å². The molecule has 0 saturated carbocycles. The molecule has 0 radical (unpaired) electrons. The van der Waals surface area contributed by atoms with E-state index >= 15 is 0 Å². The highest BCUT2D eigenvalue weighted by Crippen LogP contribution is 2.32. The molecule has 28 heavy (non-hydrogen) atoms. The summed E-state index contributed by atoms with van der Waals surface area (Å²) in [5.74, 6) is -2.88. The van der Waals surface area contributed by atoms with Crippen LogP contribution in [0.25, 0.3) is 11.3 Å². The molecule has 146 valence electrons. The van der Waals surface area contributed by atoms with Crippen LogP contribution in [0.5, 0.6) is 0 Å². The number of nitrogens with one attached hydrogen (secondary N) is 1. The van der Waals surface area contributed by atoms with E-state index in [0.29, 0.717) is 12.2 Å². The number of benzene rings is 2. The van der Waals surface area contributed by atoms with Gasteiger partial charge in [-0.25, -0.2) is 8.78 Å². The number of halogens is 5. The average molecular weight is 395 g/mol. The molecule has 4 nitrogen and oxygen atoms in total. The van der Waals surface area contributed by atoms with Crippen molar-refractivity contribution in [3.05, 3.63) is 71.4 Å². The zero-order valence-corrected chi connectivity index (χ0v) is 14.5. The number of carbonyl (C=O) groups excluding carboxylic acids is 1. The zero-order valence-electron chi connectivity index (χ0n) is 14.5. The van der Waals surface area contributed by atoms with Crippen molar-refractivity contribution < 1.29 is 26.7 Å². The third kappa shape index (κ3) is 4.03. The Balaban J connectivity index is 1.92. The van der Waals surface area contributed by atoms with Gasteiger partial charge in [-0.1, -0.05) is 12.1 Å². The Hall–Kier alpha value is -3.23. The summed E-state index contributed by atoms with van der Waals surface area (Å²) >= 11 is 0. The van der Waals surface area contributed by atoms with Crippen molar-refractivity contribution in [3.63, 3.8) is 0 Å². The van der Waals surface area contributed by atoms with Crippen molar-refractivity contribution in [1.82, 2.24) is 9.78 Å². The quantitative estimate of drug-likeness (QED) is 0.624. The van der Waals surface area contributed by atoms with Crippen molar-refractivity contribution in [2.24, 2.45) is 0 Å². The fourth-order valence-corrected chi connectivity index (χ4v) is 2.63. The molecule has 1 aromatic heterocycles. The normalized spacial score (nSPS) is 11.5. The molecule has 1 amide bonds. The van der Waals surface area contributed by atoms with Crippen LogP contribution in [0.3, 0.4) is 0 Å². The molecule has 0 saturated heterocycles. The summed E-state index contributed by atoms with van der Waals surface area (Å²) in [6, 6.07) is 8.88. The molecule has 0 aliphatic rings. The van der Waals surface area contributed by atoms with Crippen LogP contribution >= 0.6 is 0 Å². The molecule has 0 bridgehead atoms. The minimum absolute atomic E-state index is 0.0237. The minimum atomic E-state index is -4.50. The first-order valence-corrected chi connectivity index (χ1v) is 8.21. The van der Waals surface area contributed by atoms with Crippen molar-refractivity contribution in [1.29, 1.82) is 0 Å². The first-order valence-electron chi connectivity index (χ1n) is 8.21. The number of alkyl halides is 3. The van der Waals surface area contributed by atoms with Gasteiger partial charge in [-0.2, -0.15) is 18.3 Å². The number of aromatic nitrogens is 2. The molecule has 0 aliphatic heterocycles. The number of aryl methyl sites for hydroxylation is 1. The van der Waals surface area contributed by atoms with Gasteiger partial charge >= 0.3 is 6.18 Å². The van der Waals surface area contributed by atoms with Crippen molar-refractivity contribution in [3.8, 4) is 11.3 Å². The van der Waals surface area contributed by atoms with Gasteiger partial charge in [0.1, 0.15) is 0 Å². The molecular formula is C19H14F5N3O. The Labute approximate surface area is 156 Å². The Morgan fingerprint density at radius 2 is 1.82 bits per heavy atom. The SMILES string of the molecule is CCn1nc(C(=O)Nc2ccc(F)c(F)c2)cc1-c1cccc(C(F)(F)F)c1. The predicted octanol–water partition coefficient (Wildman–Crippen LogP) is 5.12. The van der Waals surface area contributed by atoms with E-state index in [0.717, 1.165) is 24.3 Å². The highest BCUT2D eigenvalue weighted by molar-refractivity contribution is 6.03. The Kier molecular flexibility index (Phi) is 5.17. The number of anilines is 1. The van der Waals surface area contributed by atoms with E-state index in [9.17, 15) is 26.7 Å². The maximum absolute atomic E-state index is 13.3. The number of carbonyl (C=O) groups is 1. The van der Waals surface area contributed by atoms with Gasteiger partial charge in [0.05, 0.1) is 11.3 Å². The molecule has 1 N–H and O–H groups in total. The average Bonchev–Trinajstić information content (AvgIpc) is 3.09. The van der Waals surface area contributed by atoms with Gasteiger partial charge in [0, 0.05) is 23.9 Å². The second-order valence-corrected chi connectivity index (χ2v) is 5.89. The topological polar surface area (TPSA) is 46.9 Å². The van der Waals surface area contributed by atoms with Crippen LogP contribution in [0.4, 0.5) is 27.6 Å². The Morgan fingerprint density at radius 3 is 2.46 bits per heavy atom. The van der Waals surface area contributed by atoms with Crippen LogP contribution in [-0.2, 0) is 12.7 Å². The largest absolute Gasteiger partial charge is 0.416 e. The zero-order chi connectivity index (χ0) is 20.5. The number of nitrogens with zero attached hydrogens (tertiary/aromatic N) is 2. The second kappa shape index (κ2) is 7.41. The van der Waals surface area contributed by atoms with E-state index in [1.165, 1.54) is 28.9 Å². The molecular weight excluding hydrogens is 381 g/mol. The number of hydrogen-bond acceptors (Lipinski definition) is 2. The summed E-state index contributed by atoms with van der Waals surface area (Å²) in [6.45, 7) is 2.03. The van der Waals surface area contributed by atoms with Gasteiger partial charge in [-0.15, -0.1) is 0 Å². The third-order valence-electron chi connectivity index (χ3n) is 3.98. The lowest BCUT2D eigenvalue weighted by Crippen LogP contribution is -2.13. The summed E-state index contributed by atoms with van der Waals surface area (Å²) in [4.78, 5) is 12.4. The third-order valence-corrected chi connectivity index (χ3v) is 3.98. The molecule has 3 rings (SSSR count). The first-order chi connectivity index (χ1) is 13.2. The van der Waals surface area contributed by atoms with Crippen LogP contribution in [0.2, 0.25) is 0 Å². The maximum atomic E-state index is 13.3. The Morgan fingerprint density at radius 1 is 1.07 bits per heavy atom. The lowest BCUT2D eigenvalue weighted by molar-refractivity contribution is -0.137. The molecule has 2 aromatic carbocycles. The molecule has 9 heteroatoms. The number of rotatable bonds is 4. The van der Waals surface area contributed by atoms with Crippen molar-refractivity contribution in [2.45, 2.75) is 19.6 Å². The molecule has 0 fully saturated rings. The van der Waals surface area contributed by atoms with Crippen molar-refractivity contribution in [2.75, 3.05) is 5.32 Å². The fraction of sp³-hybridized carbons (Fsp3) is 0.158. The minimum Gasteiger partial charge on any atom is -0.320 e. The highest BCUT2D eigenvalue weighted by Gasteiger charge is 2.30. The van der Waals surface area contributed by atoms with Crippen LogP contribution in [-0.4, -0.2) is 15.7 Å². The molecule has 0 spiro atoms.